The fourth-order valence-corrected chi connectivity index (χ4v) is 1.46. The second kappa shape index (κ2) is 3.01. The molecule has 0 saturated carbocycles. The molecule has 10 heavy (non-hydrogen) atoms. The van der Waals surface area contributed by atoms with Crippen molar-refractivity contribution in [3.05, 3.63) is 22.7 Å². The number of rotatable bonds is 1. The molecule has 0 aromatic heterocycles. The van der Waals surface area contributed by atoms with E-state index in [1.807, 2.05) is 18.2 Å². The first kappa shape index (κ1) is 8.21. The quantitative estimate of drug-likeness (QED) is 0.526. The Morgan fingerprint density at radius 2 is 2.40 bits per heavy atom. The second-order valence-electron chi connectivity index (χ2n) is 2.13. The molecule has 1 rings (SSSR count). The van der Waals surface area contributed by atoms with E-state index in [4.69, 9.17) is 0 Å². The van der Waals surface area contributed by atoms with E-state index in [1.54, 1.807) is 0 Å². The van der Waals surface area contributed by atoms with Gasteiger partial charge in [0, 0.05) is 4.48 Å². The molecule has 1 aliphatic carbocycles. The van der Waals surface area contributed by atoms with Crippen LogP contribution < -0.4 is 0 Å². The van der Waals surface area contributed by atoms with Crippen LogP contribution in [0.5, 0.6) is 0 Å². The van der Waals surface area contributed by atoms with Gasteiger partial charge >= 0.3 is 0 Å². The van der Waals surface area contributed by atoms with Crippen molar-refractivity contribution < 1.29 is 4.79 Å². The molecule has 0 aromatic carbocycles. The summed E-state index contributed by atoms with van der Waals surface area (Å²) in [6.07, 6.45) is 7.36. The lowest BCUT2D eigenvalue weighted by molar-refractivity contribution is -0.108. The summed E-state index contributed by atoms with van der Waals surface area (Å²) in [7, 11) is 0. The van der Waals surface area contributed by atoms with Crippen LogP contribution in [0.3, 0.4) is 0 Å². The summed E-state index contributed by atoms with van der Waals surface area (Å²) in [5, 5.41) is 0. The normalized spacial score (nSPS) is 31.6. The highest BCUT2D eigenvalue weighted by Gasteiger charge is 2.29. The van der Waals surface area contributed by atoms with Crippen molar-refractivity contribution in [1.29, 1.82) is 0 Å². The molecule has 1 aliphatic rings. The van der Waals surface area contributed by atoms with E-state index in [1.165, 1.54) is 0 Å². The smallest absolute Gasteiger partial charge is 0.142 e. The third-order valence-electron chi connectivity index (χ3n) is 1.38. The molecule has 0 fully saturated rings. The highest BCUT2D eigenvalue weighted by molar-refractivity contribution is 9.14. The summed E-state index contributed by atoms with van der Waals surface area (Å²) in [5.41, 5.74) is 0. The summed E-state index contributed by atoms with van der Waals surface area (Å²) in [5.74, 6) is 0. The number of carbonyl (C=O) groups is 1. The first-order valence-corrected chi connectivity index (χ1v) is 4.46. The highest BCUT2D eigenvalue weighted by atomic mass is 79.9. The molecule has 0 amide bonds. The van der Waals surface area contributed by atoms with Crippen molar-refractivity contribution in [2.45, 2.75) is 10.7 Å². The standard InChI is InChI=1S/C7H6Br2O/c8-6-3-1-2-4-7(6,9)5-10/h1-3,5H,4H2. The van der Waals surface area contributed by atoms with Gasteiger partial charge in [0.25, 0.3) is 0 Å². The van der Waals surface area contributed by atoms with Crippen LogP contribution in [-0.4, -0.2) is 10.6 Å². The van der Waals surface area contributed by atoms with E-state index in [2.05, 4.69) is 31.9 Å². The fraction of sp³-hybridized carbons (Fsp3) is 0.286. The van der Waals surface area contributed by atoms with E-state index in [0.717, 1.165) is 10.8 Å². The number of carbonyl (C=O) groups excluding carboxylic acids is 1. The molecule has 0 N–H and O–H groups in total. The molecule has 0 saturated heterocycles. The van der Waals surface area contributed by atoms with E-state index in [9.17, 15) is 4.79 Å². The molecule has 54 valence electrons. The monoisotopic (exact) mass is 264 g/mol. The molecule has 0 aliphatic heterocycles. The maximum atomic E-state index is 10.5. The Morgan fingerprint density at radius 3 is 2.80 bits per heavy atom. The topological polar surface area (TPSA) is 17.1 Å². The van der Waals surface area contributed by atoms with Crippen LogP contribution in [0.4, 0.5) is 0 Å². The Balaban J connectivity index is 2.91. The Morgan fingerprint density at radius 1 is 1.70 bits per heavy atom. The molecule has 0 bridgehead atoms. The molecular formula is C7H6Br2O. The van der Waals surface area contributed by atoms with Crippen LogP contribution in [0.15, 0.2) is 22.7 Å². The minimum absolute atomic E-state index is 0.498. The number of halogens is 2. The maximum absolute atomic E-state index is 10.5. The van der Waals surface area contributed by atoms with Gasteiger partial charge in [-0.1, -0.05) is 50.1 Å². The lowest BCUT2D eigenvalue weighted by atomic mass is 10.0. The van der Waals surface area contributed by atoms with Crippen LogP contribution in [0, 0.1) is 0 Å². The predicted octanol–water partition coefficient (Wildman–Crippen LogP) is 2.56. The molecule has 0 aromatic rings. The predicted molar refractivity (Wildman–Crippen MR) is 48.5 cm³/mol. The Kier molecular flexibility index (Phi) is 2.47. The van der Waals surface area contributed by atoms with Gasteiger partial charge in [-0.05, 0) is 6.42 Å². The summed E-state index contributed by atoms with van der Waals surface area (Å²) in [6.45, 7) is 0. The van der Waals surface area contributed by atoms with E-state index < -0.39 is 4.32 Å². The van der Waals surface area contributed by atoms with Crippen molar-refractivity contribution in [2.24, 2.45) is 0 Å². The lowest BCUT2D eigenvalue weighted by Crippen LogP contribution is -2.23. The first-order chi connectivity index (χ1) is 4.69. The Hall–Kier alpha value is 0.110. The van der Waals surface area contributed by atoms with Gasteiger partial charge in [-0.3, -0.25) is 0 Å². The average molecular weight is 266 g/mol. The zero-order valence-corrected chi connectivity index (χ0v) is 8.35. The largest absolute Gasteiger partial charge is 0.301 e. The number of hydrogen-bond acceptors (Lipinski definition) is 1. The van der Waals surface area contributed by atoms with Crippen LogP contribution in [0.1, 0.15) is 6.42 Å². The van der Waals surface area contributed by atoms with E-state index in [0.29, 0.717) is 6.42 Å². The van der Waals surface area contributed by atoms with E-state index >= 15 is 0 Å². The van der Waals surface area contributed by atoms with E-state index in [-0.39, 0.29) is 0 Å². The number of alkyl halides is 1. The number of allylic oxidation sites excluding steroid dienone is 4. The molecule has 1 atom stereocenters. The average Bonchev–Trinajstić information content (AvgIpc) is 1.96. The van der Waals surface area contributed by atoms with Gasteiger partial charge in [-0.15, -0.1) is 0 Å². The summed E-state index contributed by atoms with van der Waals surface area (Å²) >= 11 is 6.63. The molecule has 0 radical (unpaired) electrons. The van der Waals surface area contributed by atoms with Gasteiger partial charge in [-0.2, -0.15) is 0 Å². The van der Waals surface area contributed by atoms with Crippen molar-refractivity contribution >= 4 is 38.1 Å². The van der Waals surface area contributed by atoms with Crippen molar-refractivity contribution in [3.63, 3.8) is 0 Å². The molecule has 3 heteroatoms. The Labute approximate surface area is 76.4 Å². The van der Waals surface area contributed by atoms with Crippen molar-refractivity contribution in [3.8, 4) is 0 Å². The third kappa shape index (κ3) is 1.40. The molecule has 1 unspecified atom stereocenters. The molecule has 0 heterocycles. The van der Waals surface area contributed by atoms with Gasteiger partial charge in [0.1, 0.15) is 10.6 Å². The summed E-state index contributed by atoms with van der Waals surface area (Å²) in [4.78, 5) is 10.5. The van der Waals surface area contributed by atoms with Crippen LogP contribution in [0.25, 0.3) is 0 Å². The SMILES string of the molecule is O=CC1(Br)CC=CC=C1Br. The van der Waals surface area contributed by atoms with Gasteiger partial charge in [0.15, 0.2) is 0 Å². The number of aldehydes is 1. The van der Waals surface area contributed by atoms with Crippen molar-refractivity contribution in [2.75, 3.05) is 0 Å². The summed E-state index contributed by atoms with van der Waals surface area (Å²) < 4.78 is 0.388. The first-order valence-electron chi connectivity index (χ1n) is 2.87. The van der Waals surface area contributed by atoms with Gasteiger partial charge in [-0.25, -0.2) is 0 Å². The van der Waals surface area contributed by atoms with Gasteiger partial charge < -0.3 is 4.79 Å². The molecular weight excluding hydrogens is 260 g/mol. The minimum atomic E-state index is -0.498. The second-order valence-corrected chi connectivity index (χ2v) is 4.40. The highest BCUT2D eigenvalue weighted by Crippen LogP contribution is 2.35. The zero-order chi connectivity index (χ0) is 7.61. The lowest BCUT2D eigenvalue weighted by Gasteiger charge is -2.20. The molecule has 0 spiro atoms. The van der Waals surface area contributed by atoms with Crippen LogP contribution >= 0.6 is 31.9 Å². The van der Waals surface area contributed by atoms with Gasteiger partial charge in [0.2, 0.25) is 0 Å². The third-order valence-corrected chi connectivity index (χ3v) is 3.82. The zero-order valence-electron chi connectivity index (χ0n) is 5.18. The summed E-state index contributed by atoms with van der Waals surface area (Å²) in [6, 6.07) is 0. The fourth-order valence-electron chi connectivity index (χ4n) is 0.733. The van der Waals surface area contributed by atoms with Crippen molar-refractivity contribution in [1.82, 2.24) is 0 Å². The van der Waals surface area contributed by atoms with Gasteiger partial charge in [0.05, 0.1) is 0 Å². The number of hydrogen-bond donors (Lipinski definition) is 0. The Bertz CT molecular complexity index is 208. The van der Waals surface area contributed by atoms with Crippen LogP contribution in [-0.2, 0) is 4.79 Å². The van der Waals surface area contributed by atoms with Crippen LogP contribution in [0.2, 0.25) is 0 Å². The maximum Gasteiger partial charge on any atom is 0.142 e. The minimum Gasteiger partial charge on any atom is -0.301 e. The molecule has 1 nitrogen and oxygen atoms in total.